The molecule has 2 N–H and O–H groups in total. The molecule has 6 nitrogen and oxygen atoms in total. The van der Waals surface area contributed by atoms with Gasteiger partial charge in [0.1, 0.15) is 12.4 Å². The number of benzene rings is 1. The van der Waals surface area contributed by atoms with Crippen molar-refractivity contribution < 1.29 is 14.6 Å². The van der Waals surface area contributed by atoms with Crippen molar-refractivity contribution in [1.29, 1.82) is 0 Å². The summed E-state index contributed by atoms with van der Waals surface area (Å²) in [6.07, 6.45) is 3.67. The Morgan fingerprint density at radius 1 is 1.30 bits per heavy atom. The van der Waals surface area contributed by atoms with Gasteiger partial charge in [-0.15, -0.1) is 0 Å². The van der Waals surface area contributed by atoms with Crippen LogP contribution in [0.4, 0.5) is 0 Å². The van der Waals surface area contributed by atoms with Gasteiger partial charge in [-0.05, 0) is 30.3 Å². The molecule has 0 saturated carbocycles. The Hall–Kier alpha value is -2.34. The van der Waals surface area contributed by atoms with E-state index in [4.69, 9.17) is 9.84 Å². The van der Waals surface area contributed by atoms with Crippen molar-refractivity contribution >= 4 is 5.97 Å². The summed E-state index contributed by atoms with van der Waals surface area (Å²) in [7, 11) is 0. The normalized spacial score (nSPS) is 10.4. The number of hydrogen-bond acceptors (Lipinski definition) is 4. The van der Waals surface area contributed by atoms with Gasteiger partial charge in [0.2, 0.25) is 0 Å². The molecular formula is C14H17N3O3. The fourth-order valence-electron chi connectivity index (χ4n) is 1.69. The molecule has 0 aliphatic heterocycles. The van der Waals surface area contributed by atoms with Crippen LogP contribution in [0.15, 0.2) is 42.7 Å². The first-order chi connectivity index (χ1) is 9.75. The number of carboxylic acid groups (broad SMARTS) is 1. The van der Waals surface area contributed by atoms with Gasteiger partial charge in [0.05, 0.1) is 12.1 Å². The van der Waals surface area contributed by atoms with Crippen molar-refractivity contribution in [2.75, 3.05) is 19.7 Å². The van der Waals surface area contributed by atoms with Crippen LogP contribution in [-0.4, -0.2) is 40.6 Å². The lowest BCUT2D eigenvalue weighted by molar-refractivity contribution is 0.0697. The van der Waals surface area contributed by atoms with Gasteiger partial charge < -0.3 is 15.2 Å². The number of aromatic carboxylic acids is 1. The second-order valence-corrected chi connectivity index (χ2v) is 4.20. The maximum Gasteiger partial charge on any atom is 0.335 e. The molecule has 0 saturated heterocycles. The molecule has 1 aromatic heterocycles. The second kappa shape index (κ2) is 7.30. The van der Waals surface area contributed by atoms with Gasteiger partial charge in [0.25, 0.3) is 0 Å². The Morgan fingerprint density at radius 2 is 2.10 bits per heavy atom. The lowest BCUT2D eigenvalue weighted by Gasteiger charge is -2.08. The summed E-state index contributed by atoms with van der Waals surface area (Å²) >= 11 is 0. The molecule has 20 heavy (non-hydrogen) atoms. The lowest BCUT2D eigenvalue weighted by Crippen LogP contribution is -2.25. The third-order valence-electron chi connectivity index (χ3n) is 2.73. The minimum Gasteiger partial charge on any atom is -0.492 e. The van der Waals surface area contributed by atoms with Crippen LogP contribution >= 0.6 is 0 Å². The van der Waals surface area contributed by atoms with Crippen LogP contribution in [0.5, 0.6) is 5.75 Å². The first-order valence-electron chi connectivity index (χ1n) is 6.40. The van der Waals surface area contributed by atoms with Crippen LogP contribution in [0.3, 0.4) is 0 Å². The van der Waals surface area contributed by atoms with E-state index < -0.39 is 5.97 Å². The van der Waals surface area contributed by atoms with E-state index in [1.54, 1.807) is 18.3 Å². The van der Waals surface area contributed by atoms with Gasteiger partial charge in [0, 0.05) is 25.5 Å². The molecule has 6 heteroatoms. The van der Waals surface area contributed by atoms with Crippen molar-refractivity contribution in [3.05, 3.63) is 48.3 Å². The highest BCUT2D eigenvalue weighted by atomic mass is 16.5. The van der Waals surface area contributed by atoms with Crippen LogP contribution < -0.4 is 10.1 Å². The fourth-order valence-corrected chi connectivity index (χ4v) is 1.69. The zero-order chi connectivity index (χ0) is 14.2. The zero-order valence-electron chi connectivity index (χ0n) is 11.0. The lowest BCUT2D eigenvalue weighted by atomic mass is 10.2. The summed E-state index contributed by atoms with van der Waals surface area (Å²) < 4.78 is 7.36. The highest BCUT2D eigenvalue weighted by molar-refractivity contribution is 5.87. The quantitative estimate of drug-likeness (QED) is 0.709. The predicted octanol–water partition coefficient (Wildman–Crippen LogP) is 1.25. The average Bonchev–Trinajstić information content (AvgIpc) is 2.96. The number of carboxylic acids is 1. The first kappa shape index (κ1) is 14.1. The van der Waals surface area contributed by atoms with Crippen molar-refractivity contribution in [3.8, 4) is 5.75 Å². The summed E-state index contributed by atoms with van der Waals surface area (Å²) in [6, 6.07) is 8.27. The van der Waals surface area contributed by atoms with E-state index in [1.807, 2.05) is 16.9 Å². The Morgan fingerprint density at radius 3 is 2.75 bits per heavy atom. The van der Waals surface area contributed by atoms with E-state index in [2.05, 4.69) is 10.4 Å². The molecule has 0 aliphatic carbocycles. The van der Waals surface area contributed by atoms with Crippen molar-refractivity contribution in [1.82, 2.24) is 15.1 Å². The minimum absolute atomic E-state index is 0.259. The molecule has 0 unspecified atom stereocenters. The fraction of sp³-hybridized carbons (Fsp3) is 0.286. The number of aromatic nitrogens is 2. The Balaban J connectivity index is 1.59. The van der Waals surface area contributed by atoms with Crippen LogP contribution in [0.25, 0.3) is 0 Å². The molecule has 0 atom stereocenters. The Kier molecular flexibility index (Phi) is 5.14. The Bertz CT molecular complexity index is 523. The third-order valence-corrected chi connectivity index (χ3v) is 2.73. The zero-order valence-corrected chi connectivity index (χ0v) is 11.0. The molecule has 0 aliphatic rings. The van der Waals surface area contributed by atoms with Gasteiger partial charge in [-0.1, -0.05) is 0 Å². The molecule has 106 valence electrons. The standard InChI is InChI=1S/C14H17N3O3/c18-14(19)12-2-4-13(5-3-12)20-11-8-15-7-10-17-9-1-6-16-17/h1-6,9,15H,7-8,10-11H2,(H,18,19). The van der Waals surface area contributed by atoms with E-state index in [-0.39, 0.29) is 5.56 Å². The van der Waals surface area contributed by atoms with Crippen LogP contribution in [-0.2, 0) is 6.54 Å². The molecule has 2 rings (SSSR count). The van der Waals surface area contributed by atoms with Crippen molar-refractivity contribution in [3.63, 3.8) is 0 Å². The van der Waals surface area contributed by atoms with E-state index in [0.29, 0.717) is 12.4 Å². The monoisotopic (exact) mass is 275 g/mol. The summed E-state index contributed by atoms with van der Waals surface area (Å²) in [5.74, 6) is -0.263. The van der Waals surface area contributed by atoms with E-state index in [1.165, 1.54) is 12.1 Å². The number of rotatable bonds is 8. The highest BCUT2D eigenvalue weighted by Gasteiger charge is 2.01. The van der Waals surface area contributed by atoms with Crippen LogP contribution in [0, 0.1) is 0 Å². The van der Waals surface area contributed by atoms with Gasteiger partial charge in [-0.2, -0.15) is 5.10 Å². The van der Waals surface area contributed by atoms with Gasteiger partial charge >= 0.3 is 5.97 Å². The number of nitrogens with one attached hydrogen (secondary N) is 1. The third kappa shape index (κ3) is 4.40. The average molecular weight is 275 g/mol. The predicted molar refractivity (Wildman–Crippen MR) is 74.0 cm³/mol. The molecular weight excluding hydrogens is 258 g/mol. The largest absolute Gasteiger partial charge is 0.492 e. The van der Waals surface area contributed by atoms with Gasteiger partial charge in [0.15, 0.2) is 0 Å². The number of carbonyl (C=O) groups is 1. The van der Waals surface area contributed by atoms with Crippen molar-refractivity contribution in [2.45, 2.75) is 6.54 Å². The van der Waals surface area contributed by atoms with Crippen molar-refractivity contribution in [2.24, 2.45) is 0 Å². The molecule has 0 spiro atoms. The summed E-state index contributed by atoms with van der Waals surface area (Å²) in [5.41, 5.74) is 0.259. The topological polar surface area (TPSA) is 76.4 Å². The summed E-state index contributed by atoms with van der Waals surface area (Å²) in [4.78, 5) is 10.7. The van der Waals surface area contributed by atoms with Gasteiger partial charge in [-0.25, -0.2) is 4.79 Å². The molecule has 1 aromatic carbocycles. The molecule has 2 aromatic rings. The van der Waals surface area contributed by atoms with Crippen LogP contribution in [0.2, 0.25) is 0 Å². The smallest absolute Gasteiger partial charge is 0.335 e. The molecule has 0 amide bonds. The minimum atomic E-state index is -0.933. The summed E-state index contributed by atoms with van der Waals surface area (Å²) in [5, 5.41) is 16.1. The molecule has 0 bridgehead atoms. The first-order valence-corrected chi connectivity index (χ1v) is 6.40. The van der Waals surface area contributed by atoms with E-state index >= 15 is 0 Å². The van der Waals surface area contributed by atoms with E-state index in [9.17, 15) is 4.79 Å². The number of ether oxygens (including phenoxy) is 1. The SMILES string of the molecule is O=C(O)c1ccc(OCCNCCn2cccn2)cc1. The Labute approximate surface area is 117 Å². The number of hydrogen-bond donors (Lipinski definition) is 2. The molecule has 0 fully saturated rings. The molecule has 0 radical (unpaired) electrons. The van der Waals surface area contributed by atoms with Gasteiger partial charge in [-0.3, -0.25) is 4.68 Å². The van der Waals surface area contributed by atoms with Crippen LogP contribution in [0.1, 0.15) is 10.4 Å². The van der Waals surface area contributed by atoms with E-state index in [0.717, 1.165) is 19.6 Å². The summed E-state index contributed by atoms with van der Waals surface area (Å²) in [6.45, 7) is 2.90. The maximum atomic E-state index is 10.7. The second-order valence-electron chi connectivity index (χ2n) is 4.20. The molecule has 1 heterocycles. The number of nitrogens with zero attached hydrogens (tertiary/aromatic N) is 2. The highest BCUT2D eigenvalue weighted by Crippen LogP contribution is 2.11. The maximum absolute atomic E-state index is 10.7.